The molecule has 9 heteroatoms. The number of ether oxygens (including phenoxy) is 3. The number of rotatable bonds is 9. The molecule has 3 aromatic rings. The van der Waals surface area contributed by atoms with Crippen LogP contribution in [0.5, 0.6) is 11.6 Å². The first-order valence-electron chi connectivity index (χ1n) is 11.0. The topological polar surface area (TPSA) is 95.5 Å². The van der Waals surface area contributed by atoms with Gasteiger partial charge in [-0.2, -0.15) is 4.98 Å². The van der Waals surface area contributed by atoms with E-state index in [-0.39, 0.29) is 6.61 Å². The molecule has 0 saturated heterocycles. The minimum atomic E-state index is -0.615. The molecule has 2 heterocycles. The van der Waals surface area contributed by atoms with Gasteiger partial charge in [0.05, 0.1) is 12.2 Å². The molecule has 0 saturated carbocycles. The van der Waals surface area contributed by atoms with E-state index in [2.05, 4.69) is 27.4 Å². The predicted octanol–water partition coefficient (Wildman–Crippen LogP) is 4.88. The van der Waals surface area contributed by atoms with E-state index in [0.29, 0.717) is 29.1 Å². The summed E-state index contributed by atoms with van der Waals surface area (Å²) in [5.41, 5.74) is 2.99. The Labute approximate surface area is 197 Å². The zero-order valence-electron chi connectivity index (χ0n) is 18.6. The fourth-order valence-corrected chi connectivity index (χ4v) is 4.19. The molecule has 0 unspecified atom stereocenters. The van der Waals surface area contributed by atoms with Crippen molar-refractivity contribution in [2.45, 2.75) is 38.1 Å². The van der Waals surface area contributed by atoms with Crippen LogP contribution in [0.15, 0.2) is 53.7 Å². The predicted molar refractivity (Wildman–Crippen MR) is 126 cm³/mol. The summed E-state index contributed by atoms with van der Waals surface area (Å²) in [7, 11) is 0. The molecule has 0 radical (unpaired) electrons. The summed E-state index contributed by atoms with van der Waals surface area (Å²) in [4.78, 5) is 16.5. The van der Waals surface area contributed by atoms with Crippen molar-refractivity contribution in [3.8, 4) is 22.9 Å². The van der Waals surface area contributed by atoms with Gasteiger partial charge < -0.3 is 19.5 Å². The summed E-state index contributed by atoms with van der Waals surface area (Å²) in [5, 5.41) is 12.7. The number of aromatic nitrogens is 3. The molecule has 0 bridgehead atoms. The van der Waals surface area contributed by atoms with E-state index in [0.717, 1.165) is 35.4 Å². The molecule has 1 aromatic heterocycles. The van der Waals surface area contributed by atoms with Gasteiger partial charge in [0.15, 0.2) is 12.3 Å². The Bertz CT molecular complexity index is 1110. The van der Waals surface area contributed by atoms with Crippen LogP contribution in [0.25, 0.3) is 11.3 Å². The third-order valence-electron chi connectivity index (χ3n) is 4.91. The third-order valence-corrected chi connectivity index (χ3v) is 5.84. The Balaban J connectivity index is 1.67. The van der Waals surface area contributed by atoms with E-state index < -0.39 is 12.2 Å². The van der Waals surface area contributed by atoms with Gasteiger partial charge in [-0.05, 0) is 31.5 Å². The van der Waals surface area contributed by atoms with Gasteiger partial charge in [-0.25, -0.2) is 4.79 Å². The summed E-state index contributed by atoms with van der Waals surface area (Å²) in [5.74, 6) is 1.40. The fraction of sp³-hybridized carbons (Fsp3) is 0.333. The van der Waals surface area contributed by atoms with Crippen molar-refractivity contribution in [1.29, 1.82) is 0 Å². The third kappa shape index (κ3) is 5.54. The van der Waals surface area contributed by atoms with Gasteiger partial charge in [0, 0.05) is 17.0 Å². The lowest BCUT2D eigenvalue weighted by Gasteiger charge is -2.21. The van der Waals surface area contributed by atoms with Crippen molar-refractivity contribution in [2.24, 2.45) is 0 Å². The van der Waals surface area contributed by atoms with Crippen LogP contribution in [0, 0.1) is 0 Å². The van der Waals surface area contributed by atoms with Crippen molar-refractivity contribution in [3.63, 3.8) is 0 Å². The molecular weight excluding hydrogens is 440 g/mol. The van der Waals surface area contributed by atoms with Gasteiger partial charge in [-0.15, -0.1) is 10.2 Å². The van der Waals surface area contributed by atoms with Gasteiger partial charge in [0.25, 0.3) is 0 Å². The van der Waals surface area contributed by atoms with Crippen molar-refractivity contribution in [1.82, 2.24) is 15.2 Å². The molecule has 1 aliphatic heterocycles. The Morgan fingerprint density at radius 1 is 1.12 bits per heavy atom. The van der Waals surface area contributed by atoms with Crippen LogP contribution in [0.1, 0.15) is 38.5 Å². The maximum Gasteiger partial charge on any atom is 0.344 e. The standard InChI is InChI=1S/C24H26N4O4S/c1-3-5-14-33-24-26-23-21(27-28-24)16-10-6-8-12-18(16)25-22(32-23)17-11-7-9-13-19(17)31-15-20(29)30-4-2/h6-13,22,25H,3-5,14-15H2,1-2H3/t22-/m0/s1. The number of nitrogens with one attached hydrogen (secondary N) is 1. The second-order valence-corrected chi connectivity index (χ2v) is 8.33. The average Bonchev–Trinajstić information content (AvgIpc) is 3.00. The van der Waals surface area contributed by atoms with E-state index in [9.17, 15) is 4.79 Å². The molecule has 0 fully saturated rings. The summed E-state index contributed by atoms with van der Waals surface area (Å²) in [6, 6.07) is 15.2. The van der Waals surface area contributed by atoms with E-state index in [1.165, 1.54) is 0 Å². The number of esters is 1. The first kappa shape index (κ1) is 22.8. The zero-order valence-corrected chi connectivity index (χ0v) is 19.4. The number of anilines is 1. The lowest BCUT2D eigenvalue weighted by Crippen LogP contribution is -2.20. The molecule has 0 aliphatic carbocycles. The molecule has 2 aromatic carbocycles. The highest BCUT2D eigenvalue weighted by molar-refractivity contribution is 7.99. The molecule has 0 spiro atoms. The van der Waals surface area contributed by atoms with Gasteiger partial charge in [0.2, 0.25) is 17.3 Å². The Hall–Kier alpha value is -3.33. The van der Waals surface area contributed by atoms with E-state index in [1.807, 2.05) is 42.5 Å². The van der Waals surface area contributed by atoms with Crippen molar-refractivity contribution < 1.29 is 19.0 Å². The number of fused-ring (bicyclic) bond motifs is 3. The van der Waals surface area contributed by atoms with Crippen LogP contribution in [0.2, 0.25) is 0 Å². The number of para-hydroxylation sites is 2. The molecule has 8 nitrogen and oxygen atoms in total. The lowest BCUT2D eigenvalue weighted by molar-refractivity contribution is -0.145. The minimum absolute atomic E-state index is 0.188. The number of hydrogen-bond donors (Lipinski definition) is 1. The lowest BCUT2D eigenvalue weighted by atomic mass is 10.1. The SMILES string of the molecule is CCCCSc1nnc2c(n1)O[C@@H](c1ccccc1OCC(=O)OCC)Nc1ccccc1-2. The summed E-state index contributed by atoms with van der Waals surface area (Å²) in [6.45, 7) is 4.02. The van der Waals surface area contributed by atoms with Crippen LogP contribution in [-0.2, 0) is 9.53 Å². The van der Waals surface area contributed by atoms with Crippen molar-refractivity contribution in [2.75, 3.05) is 24.3 Å². The Morgan fingerprint density at radius 2 is 1.94 bits per heavy atom. The second kappa shape index (κ2) is 11.0. The molecule has 172 valence electrons. The molecular formula is C24H26N4O4S. The summed E-state index contributed by atoms with van der Waals surface area (Å²) >= 11 is 1.56. The number of carbonyl (C=O) groups is 1. The molecule has 0 amide bonds. The quantitative estimate of drug-likeness (QED) is 0.269. The number of benzene rings is 2. The monoisotopic (exact) mass is 466 g/mol. The van der Waals surface area contributed by atoms with E-state index >= 15 is 0 Å². The molecule has 33 heavy (non-hydrogen) atoms. The number of thioether (sulfide) groups is 1. The van der Waals surface area contributed by atoms with Gasteiger partial charge >= 0.3 is 5.97 Å². The molecule has 1 N–H and O–H groups in total. The van der Waals surface area contributed by atoms with Crippen LogP contribution in [0.3, 0.4) is 0 Å². The van der Waals surface area contributed by atoms with Crippen LogP contribution < -0.4 is 14.8 Å². The van der Waals surface area contributed by atoms with Crippen molar-refractivity contribution >= 4 is 23.4 Å². The largest absolute Gasteiger partial charge is 0.481 e. The first-order chi connectivity index (χ1) is 16.2. The summed E-state index contributed by atoms with van der Waals surface area (Å²) < 4.78 is 17.1. The van der Waals surface area contributed by atoms with Crippen LogP contribution in [0.4, 0.5) is 5.69 Å². The highest BCUT2D eigenvalue weighted by atomic mass is 32.2. The van der Waals surface area contributed by atoms with Crippen LogP contribution >= 0.6 is 11.8 Å². The van der Waals surface area contributed by atoms with Gasteiger partial charge in [-0.1, -0.05) is 55.4 Å². The molecule has 4 rings (SSSR count). The van der Waals surface area contributed by atoms with Crippen molar-refractivity contribution in [3.05, 3.63) is 54.1 Å². The van der Waals surface area contributed by atoms with E-state index in [1.54, 1.807) is 24.8 Å². The highest BCUT2D eigenvalue weighted by Gasteiger charge is 2.28. The number of carbonyl (C=O) groups excluding carboxylic acids is 1. The average molecular weight is 467 g/mol. The minimum Gasteiger partial charge on any atom is -0.481 e. The van der Waals surface area contributed by atoms with Crippen LogP contribution in [-0.4, -0.2) is 40.1 Å². The number of hydrogen-bond acceptors (Lipinski definition) is 9. The van der Waals surface area contributed by atoms with Gasteiger partial charge in [0.1, 0.15) is 5.75 Å². The smallest absolute Gasteiger partial charge is 0.344 e. The first-order valence-corrected chi connectivity index (χ1v) is 12.0. The molecule has 1 aliphatic rings. The Kier molecular flexibility index (Phi) is 7.62. The van der Waals surface area contributed by atoms with E-state index in [4.69, 9.17) is 14.2 Å². The maximum absolute atomic E-state index is 11.8. The number of unbranched alkanes of at least 4 members (excludes halogenated alkanes) is 1. The normalized spacial score (nSPS) is 14.2. The highest BCUT2D eigenvalue weighted by Crippen LogP contribution is 2.41. The molecule has 1 atom stereocenters. The maximum atomic E-state index is 11.8. The Morgan fingerprint density at radius 3 is 2.79 bits per heavy atom. The number of nitrogens with zero attached hydrogens (tertiary/aromatic N) is 3. The van der Waals surface area contributed by atoms with Gasteiger partial charge in [-0.3, -0.25) is 0 Å². The zero-order chi connectivity index (χ0) is 23.0. The fourth-order valence-electron chi connectivity index (χ4n) is 3.32. The second-order valence-electron chi connectivity index (χ2n) is 7.27. The summed E-state index contributed by atoms with van der Waals surface area (Å²) in [6.07, 6.45) is 1.56.